The molecule has 0 saturated carbocycles. The fourth-order valence-corrected chi connectivity index (χ4v) is 3.56. The number of hydrogen-bond acceptors (Lipinski definition) is 3. The third-order valence-electron chi connectivity index (χ3n) is 4.91. The summed E-state index contributed by atoms with van der Waals surface area (Å²) in [5, 5.41) is 5.10. The molecule has 1 aromatic carbocycles. The van der Waals surface area contributed by atoms with E-state index in [0.29, 0.717) is 18.7 Å². The largest absolute Gasteiger partial charge is 0.345 e. The van der Waals surface area contributed by atoms with Crippen LogP contribution in [0.2, 0.25) is 0 Å². The average molecular weight is 435 g/mol. The highest BCUT2D eigenvalue weighted by molar-refractivity contribution is 6.42. The summed E-state index contributed by atoms with van der Waals surface area (Å²) in [5.41, 5.74) is -0.507. The van der Waals surface area contributed by atoms with Crippen LogP contribution in [0.1, 0.15) is 72.1 Å². The highest BCUT2D eigenvalue weighted by Gasteiger charge is 2.30. The first kappa shape index (κ1) is 22.6. The van der Waals surface area contributed by atoms with E-state index >= 15 is 0 Å². The first-order chi connectivity index (χ1) is 14.5. The van der Waals surface area contributed by atoms with Crippen LogP contribution in [0.25, 0.3) is 0 Å². The van der Waals surface area contributed by atoms with Crippen molar-refractivity contribution in [2.24, 2.45) is 0 Å². The normalized spacial score (nSPS) is 13.6. The van der Waals surface area contributed by atoms with Gasteiger partial charge in [-0.2, -0.15) is 0 Å². The second-order valence-electron chi connectivity index (χ2n) is 8.52. The van der Waals surface area contributed by atoms with Crippen LogP contribution in [0, 0.1) is 5.82 Å². The number of nitrogens with zero attached hydrogens (tertiary/aromatic N) is 1. The Hall–Kier alpha value is -3.10. The van der Waals surface area contributed by atoms with E-state index < -0.39 is 40.9 Å². The monoisotopic (exact) mass is 435 g/mol. The molecule has 9 heteroatoms. The molecule has 0 spiro atoms. The van der Waals surface area contributed by atoms with E-state index in [1.165, 1.54) is 12.1 Å². The highest BCUT2D eigenvalue weighted by Crippen LogP contribution is 2.28. The smallest absolute Gasteiger partial charge is 0.294 e. The number of rotatable bonds is 5. The zero-order valence-corrected chi connectivity index (χ0v) is 17.5. The second-order valence-corrected chi connectivity index (χ2v) is 8.52. The van der Waals surface area contributed by atoms with Gasteiger partial charge in [0.25, 0.3) is 24.0 Å². The van der Waals surface area contributed by atoms with Gasteiger partial charge in [0.05, 0.1) is 16.8 Å². The van der Waals surface area contributed by atoms with Crippen molar-refractivity contribution < 1.29 is 27.6 Å². The number of fused-ring (bicyclic) bond motifs is 1. The number of aromatic nitrogens is 1. The van der Waals surface area contributed by atoms with Crippen molar-refractivity contribution in [2.45, 2.75) is 58.5 Å². The van der Waals surface area contributed by atoms with Gasteiger partial charge in [-0.15, -0.1) is 0 Å². The average Bonchev–Trinajstić information content (AvgIpc) is 3.07. The number of halogens is 3. The standard InChI is InChI=1S/C22H24F3N3O3/c1-22(2,3)27-21(31)18(29)17-11-14(16-6-4-5-9-28(16)17)20(30)26-12-7-8-15(23)13(10-12)19(24)25/h7-8,10-11,19H,4-6,9H2,1-3H3,(H,26,30)(H,27,31). The number of benzene rings is 1. The lowest BCUT2D eigenvalue weighted by Crippen LogP contribution is -2.44. The number of hydrogen-bond donors (Lipinski definition) is 2. The van der Waals surface area contributed by atoms with Crippen molar-refractivity contribution in [3.8, 4) is 0 Å². The van der Waals surface area contributed by atoms with Crippen LogP contribution in [0.3, 0.4) is 0 Å². The van der Waals surface area contributed by atoms with Crippen LogP contribution in [0.15, 0.2) is 24.3 Å². The van der Waals surface area contributed by atoms with Gasteiger partial charge in [0.2, 0.25) is 0 Å². The van der Waals surface area contributed by atoms with Crippen LogP contribution in [0.5, 0.6) is 0 Å². The molecule has 166 valence electrons. The lowest BCUT2D eigenvalue weighted by molar-refractivity contribution is -0.118. The molecule has 2 amide bonds. The summed E-state index contributed by atoms with van der Waals surface area (Å²) >= 11 is 0. The van der Waals surface area contributed by atoms with E-state index in [2.05, 4.69) is 10.6 Å². The molecular weight excluding hydrogens is 411 g/mol. The van der Waals surface area contributed by atoms with Gasteiger partial charge in [0, 0.05) is 23.5 Å². The fraction of sp³-hybridized carbons (Fsp3) is 0.409. The minimum atomic E-state index is -3.02. The lowest BCUT2D eigenvalue weighted by atomic mass is 10.1. The molecule has 2 aromatic rings. The molecule has 0 fully saturated rings. The molecule has 2 N–H and O–H groups in total. The van der Waals surface area contributed by atoms with Gasteiger partial charge < -0.3 is 15.2 Å². The Morgan fingerprint density at radius 2 is 1.81 bits per heavy atom. The summed E-state index contributed by atoms with van der Waals surface area (Å²) < 4.78 is 41.1. The number of ketones is 1. The molecule has 0 atom stereocenters. The summed E-state index contributed by atoms with van der Waals surface area (Å²) in [5.74, 6) is -3.20. The van der Waals surface area contributed by atoms with Crippen LogP contribution in [-0.2, 0) is 17.8 Å². The molecule has 0 radical (unpaired) electrons. The van der Waals surface area contributed by atoms with Gasteiger partial charge in [-0.3, -0.25) is 14.4 Å². The first-order valence-electron chi connectivity index (χ1n) is 9.96. The van der Waals surface area contributed by atoms with Gasteiger partial charge in [-0.1, -0.05) is 0 Å². The third kappa shape index (κ3) is 4.98. The fourth-order valence-electron chi connectivity index (χ4n) is 3.56. The molecule has 0 aliphatic carbocycles. The number of amides is 2. The number of carbonyl (C=O) groups is 3. The van der Waals surface area contributed by atoms with Crippen molar-refractivity contribution >= 4 is 23.3 Å². The van der Waals surface area contributed by atoms with Gasteiger partial charge in [0.15, 0.2) is 0 Å². The minimum absolute atomic E-state index is 0.0100. The van der Waals surface area contributed by atoms with Crippen LogP contribution < -0.4 is 10.6 Å². The van der Waals surface area contributed by atoms with Gasteiger partial charge in [-0.05, 0) is 64.3 Å². The number of Topliss-reactive ketones (excluding diaryl/α,β-unsaturated/α-hetero) is 1. The topological polar surface area (TPSA) is 80.2 Å². The van der Waals surface area contributed by atoms with E-state index in [-0.39, 0.29) is 16.9 Å². The zero-order chi connectivity index (χ0) is 22.9. The van der Waals surface area contributed by atoms with Crippen LogP contribution in [0.4, 0.5) is 18.9 Å². The maximum absolute atomic E-state index is 13.5. The van der Waals surface area contributed by atoms with E-state index in [0.717, 1.165) is 25.0 Å². The molecule has 1 aliphatic rings. The van der Waals surface area contributed by atoms with E-state index in [4.69, 9.17) is 0 Å². The van der Waals surface area contributed by atoms with Crippen molar-refractivity contribution in [2.75, 3.05) is 5.32 Å². The summed E-state index contributed by atoms with van der Waals surface area (Å²) in [6.45, 7) is 5.74. The van der Waals surface area contributed by atoms with Gasteiger partial charge in [-0.25, -0.2) is 13.2 Å². The molecule has 0 unspecified atom stereocenters. The molecule has 6 nitrogen and oxygen atoms in total. The van der Waals surface area contributed by atoms with E-state index in [9.17, 15) is 27.6 Å². The number of alkyl halides is 2. The second kappa shape index (κ2) is 8.56. The Kier molecular flexibility index (Phi) is 6.24. The summed E-state index contributed by atoms with van der Waals surface area (Å²) in [6.07, 6.45) is -0.898. The maximum Gasteiger partial charge on any atom is 0.294 e. The predicted molar refractivity (Wildman–Crippen MR) is 109 cm³/mol. The van der Waals surface area contributed by atoms with Crippen molar-refractivity contribution in [1.29, 1.82) is 0 Å². The quantitative estimate of drug-likeness (QED) is 0.544. The number of nitrogens with one attached hydrogen (secondary N) is 2. The molecule has 3 rings (SSSR count). The van der Waals surface area contributed by atoms with Gasteiger partial charge >= 0.3 is 0 Å². The Labute approximate surface area is 177 Å². The van der Waals surface area contributed by atoms with Crippen molar-refractivity contribution in [3.05, 3.63) is 52.6 Å². The molecule has 1 aliphatic heterocycles. The Bertz CT molecular complexity index is 1040. The molecular formula is C22H24F3N3O3. The predicted octanol–water partition coefficient (Wildman–Crippen LogP) is 4.25. The van der Waals surface area contributed by atoms with Crippen LogP contribution >= 0.6 is 0 Å². The SMILES string of the molecule is CC(C)(C)NC(=O)C(=O)c1cc(C(=O)Nc2ccc(F)c(C(F)F)c2)c2n1CCCC2. The van der Waals surface area contributed by atoms with E-state index in [1.54, 1.807) is 25.3 Å². The summed E-state index contributed by atoms with van der Waals surface area (Å²) in [6, 6.07) is 4.28. The minimum Gasteiger partial charge on any atom is -0.345 e. The van der Waals surface area contributed by atoms with Crippen LogP contribution in [-0.4, -0.2) is 27.7 Å². The number of anilines is 1. The number of carbonyl (C=O) groups excluding carboxylic acids is 3. The molecule has 0 bridgehead atoms. The highest BCUT2D eigenvalue weighted by atomic mass is 19.3. The first-order valence-corrected chi connectivity index (χ1v) is 9.96. The molecule has 2 heterocycles. The molecule has 31 heavy (non-hydrogen) atoms. The summed E-state index contributed by atoms with van der Waals surface area (Å²) in [7, 11) is 0. The lowest BCUT2D eigenvalue weighted by Gasteiger charge is -2.21. The Morgan fingerprint density at radius 3 is 2.45 bits per heavy atom. The molecule has 0 saturated heterocycles. The maximum atomic E-state index is 13.5. The Balaban J connectivity index is 1.92. The van der Waals surface area contributed by atoms with Gasteiger partial charge in [0.1, 0.15) is 5.82 Å². The third-order valence-corrected chi connectivity index (χ3v) is 4.91. The van der Waals surface area contributed by atoms with Crippen molar-refractivity contribution in [1.82, 2.24) is 9.88 Å². The zero-order valence-electron chi connectivity index (χ0n) is 17.5. The Morgan fingerprint density at radius 1 is 1.10 bits per heavy atom. The summed E-state index contributed by atoms with van der Waals surface area (Å²) in [4.78, 5) is 38.0. The molecule has 1 aromatic heterocycles. The van der Waals surface area contributed by atoms with E-state index in [1.807, 2.05) is 0 Å². The van der Waals surface area contributed by atoms with Crippen molar-refractivity contribution in [3.63, 3.8) is 0 Å².